The zero-order valence-electron chi connectivity index (χ0n) is 31.6. The Kier molecular flexibility index (Phi) is 8.26. The first-order valence-electron chi connectivity index (χ1n) is 19.8. The van der Waals surface area contributed by atoms with E-state index < -0.39 is 0 Å². The van der Waals surface area contributed by atoms with Crippen molar-refractivity contribution in [1.29, 1.82) is 0 Å². The lowest BCUT2D eigenvalue weighted by Crippen LogP contribution is -2.57. The summed E-state index contributed by atoms with van der Waals surface area (Å²) in [6.07, 6.45) is 0. The quantitative estimate of drug-likeness (QED) is 0.152. The van der Waals surface area contributed by atoms with Gasteiger partial charge >= 0.3 is 0 Å². The van der Waals surface area contributed by atoms with Crippen LogP contribution in [0.5, 0.6) is 23.0 Å². The van der Waals surface area contributed by atoms with Crippen LogP contribution in [0.4, 0.5) is 17.1 Å². The van der Waals surface area contributed by atoms with Crippen LogP contribution in [0, 0.1) is 0 Å². The molecule has 0 unspecified atom stereocenters. The zero-order valence-corrected chi connectivity index (χ0v) is 31.6. The zero-order chi connectivity index (χ0) is 38.4. The lowest BCUT2D eigenvalue weighted by molar-refractivity contribution is 0.465. The Morgan fingerprint density at radius 3 is 1.29 bits per heavy atom. The van der Waals surface area contributed by atoms with Crippen molar-refractivity contribution in [2.75, 3.05) is 4.90 Å². The van der Waals surface area contributed by atoms with E-state index in [0.29, 0.717) is 0 Å². The van der Waals surface area contributed by atoms with E-state index in [1.165, 1.54) is 0 Å². The number of hydrogen-bond acceptors (Lipinski definition) is 3. The predicted molar refractivity (Wildman–Crippen MR) is 241 cm³/mol. The summed E-state index contributed by atoms with van der Waals surface area (Å²) in [7, 11) is 0. The maximum atomic E-state index is 7.06. The lowest BCUT2D eigenvalue weighted by atomic mass is 9.34. The molecule has 0 radical (unpaired) electrons. The van der Waals surface area contributed by atoms with Gasteiger partial charge < -0.3 is 14.4 Å². The van der Waals surface area contributed by atoms with Crippen LogP contribution in [0.3, 0.4) is 0 Å². The van der Waals surface area contributed by atoms with Gasteiger partial charge in [-0.15, -0.1) is 0 Å². The maximum absolute atomic E-state index is 7.06. The SMILES string of the molecule is c1ccc(-c2cccc(N(c3cc4c5c(c3)Oc3cc(-c6ccccc6)ccc3B5c3ccc(-c5ccccc5)cc3O4)c3ccccc3-c3ccccc3)c2)cc1. The molecule has 0 aromatic heterocycles. The second kappa shape index (κ2) is 14.2. The van der Waals surface area contributed by atoms with Crippen molar-refractivity contribution >= 4 is 40.2 Å². The normalized spacial score (nSPS) is 12.0. The average Bonchev–Trinajstić information content (AvgIpc) is 3.30. The third kappa shape index (κ3) is 5.94. The minimum absolute atomic E-state index is 0.0762. The number of ether oxygens (including phenoxy) is 2. The third-order valence-electron chi connectivity index (χ3n) is 11.4. The lowest BCUT2D eigenvalue weighted by Gasteiger charge is -2.35. The van der Waals surface area contributed by atoms with Crippen molar-refractivity contribution in [3.8, 4) is 67.5 Å². The van der Waals surface area contributed by atoms with Gasteiger partial charge in [-0.25, -0.2) is 0 Å². The van der Waals surface area contributed by atoms with Crippen LogP contribution in [-0.4, -0.2) is 6.71 Å². The summed E-state index contributed by atoms with van der Waals surface area (Å²) in [6, 6.07) is 77.3. The first kappa shape index (κ1) is 33.8. The molecule has 0 amide bonds. The van der Waals surface area contributed by atoms with E-state index >= 15 is 0 Å². The van der Waals surface area contributed by atoms with Crippen molar-refractivity contribution in [3.63, 3.8) is 0 Å². The van der Waals surface area contributed by atoms with Gasteiger partial charge in [0.05, 0.1) is 11.4 Å². The highest BCUT2D eigenvalue weighted by molar-refractivity contribution is 6.98. The Bertz CT molecular complexity index is 2840. The Labute approximate surface area is 339 Å². The molecule has 0 fully saturated rings. The fourth-order valence-corrected chi connectivity index (χ4v) is 8.64. The molecule has 9 aromatic rings. The molecule has 0 spiro atoms. The summed E-state index contributed by atoms with van der Waals surface area (Å²) < 4.78 is 14.1. The van der Waals surface area contributed by atoms with E-state index in [9.17, 15) is 0 Å². The Morgan fingerprint density at radius 2 is 0.759 bits per heavy atom. The van der Waals surface area contributed by atoms with E-state index in [1.54, 1.807) is 0 Å². The number of nitrogens with zero attached hydrogens (tertiary/aromatic N) is 1. The first-order chi connectivity index (χ1) is 28.7. The van der Waals surface area contributed by atoms with Crippen LogP contribution in [0.2, 0.25) is 0 Å². The molecular weight excluding hydrogens is 705 g/mol. The molecule has 11 rings (SSSR count). The topological polar surface area (TPSA) is 21.7 Å². The van der Waals surface area contributed by atoms with Crippen LogP contribution < -0.4 is 30.8 Å². The summed E-state index contributed by atoms with van der Waals surface area (Å²) in [4.78, 5) is 2.35. The average molecular weight is 742 g/mol. The molecule has 0 saturated heterocycles. The predicted octanol–water partition coefficient (Wildman–Crippen LogP) is 12.6. The number of fused-ring (bicyclic) bond motifs is 4. The van der Waals surface area contributed by atoms with E-state index in [4.69, 9.17) is 9.47 Å². The van der Waals surface area contributed by atoms with Gasteiger partial charge in [-0.2, -0.15) is 0 Å². The van der Waals surface area contributed by atoms with Gasteiger partial charge in [-0.3, -0.25) is 0 Å². The van der Waals surface area contributed by atoms with Gasteiger partial charge in [0.1, 0.15) is 23.0 Å². The molecule has 0 saturated carbocycles. The number of hydrogen-bond donors (Lipinski definition) is 0. The van der Waals surface area contributed by atoms with Crippen molar-refractivity contribution in [2.45, 2.75) is 0 Å². The van der Waals surface area contributed by atoms with Gasteiger partial charge in [-0.05, 0) is 80.2 Å². The summed E-state index contributed by atoms with van der Waals surface area (Å²) in [6.45, 7) is -0.0762. The van der Waals surface area contributed by atoms with Crippen molar-refractivity contribution in [1.82, 2.24) is 0 Å². The molecule has 4 heteroatoms. The van der Waals surface area contributed by atoms with Crippen molar-refractivity contribution < 1.29 is 9.47 Å². The van der Waals surface area contributed by atoms with E-state index in [2.05, 4.69) is 223 Å². The molecule has 2 aliphatic rings. The van der Waals surface area contributed by atoms with Gasteiger partial charge in [-0.1, -0.05) is 176 Å². The fraction of sp³-hybridized carbons (Fsp3) is 0. The summed E-state index contributed by atoms with van der Waals surface area (Å²) in [5, 5.41) is 0. The molecule has 0 N–H and O–H groups in total. The molecule has 2 heterocycles. The smallest absolute Gasteiger partial charge is 0.260 e. The van der Waals surface area contributed by atoms with E-state index in [-0.39, 0.29) is 6.71 Å². The minimum atomic E-state index is -0.0762. The number of rotatable bonds is 7. The van der Waals surface area contributed by atoms with Crippen LogP contribution in [0.25, 0.3) is 44.5 Å². The van der Waals surface area contributed by atoms with Crippen molar-refractivity contribution in [3.05, 3.63) is 218 Å². The second-order valence-electron chi connectivity index (χ2n) is 14.9. The fourth-order valence-electron chi connectivity index (χ4n) is 8.64. The highest BCUT2D eigenvalue weighted by atomic mass is 16.5. The van der Waals surface area contributed by atoms with Gasteiger partial charge in [0, 0.05) is 28.8 Å². The third-order valence-corrected chi connectivity index (χ3v) is 11.4. The van der Waals surface area contributed by atoms with Gasteiger partial charge in [0.25, 0.3) is 6.71 Å². The summed E-state index contributed by atoms with van der Waals surface area (Å²) in [5.74, 6) is 3.28. The van der Waals surface area contributed by atoms with Gasteiger partial charge in [0.15, 0.2) is 0 Å². The molecular formula is C54H36BNO2. The standard InChI is InChI=1S/C54H36BNO2/c1-5-16-37(17-6-1)41-24-15-25-44(32-41)56(49-27-14-13-26-46(49)40-22-11-4-12-23-40)45-35-52-54-53(36-45)58-51-34-43(39-20-9-3-10-21-39)29-31-48(51)55(54)47-30-28-42(33-50(47)57-52)38-18-7-2-8-19-38/h1-36H. The van der Waals surface area contributed by atoms with Gasteiger partial charge in [0.2, 0.25) is 0 Å². The summed E-state index contributed by atoms with van der Waals surface area (Å²) >= 11 is 0. The van der Waals surface area contributed by atoms with E-state index in [1.807, 2.05) is 0 Å². The molecule has 3 nitrogen and oxygen atoms in total. The number of benzene rings is 9. The number of anilines is 3. The molecule has 0 bridgehead atoms. The minimum Gasteiger partial charge on any atom is -0.458 e. The van der Waals surface area contributed by atoms with Crippen LogP contribution >= 0.6 is 0 Å². The monoisotopic (exact) mass is 741 g/mol. The van der Waals surface area contributed by atoms with Crippen LogP contribution in [0.1, 0.15) is 0 Å². The molecule has 58 heavy (non-hydrogen) atoms. The Balaban J connectivity index is 1.14. The first-order valence-corrected chi connectivity index (χ1v) is 19.8. The van der Waals surface area contributed by atoms with Crippen LogP contribution in [0.15, 0.2) is 218 Å². The Hall–Kier alpha value is -7.56. The highest BCUT2D eigenvalue weighted by Crippen LogP contribution is 2.46. The molecule has 272 valence electrons. The largest absolute Gasteiger partial charge is 0.458 e. The highest BCUT2D eigenvalue weighted by Gasteiger charge is 2.41. The Morgan fingerprint density at radius 1 is 0.310 bits per heavy atom. The van der Waals surface area contributed by atoms with E-state index in [0.717, 1.165) is 101 Å². The number of para-hydroxylation sites is 1. The molecule has 0 atom stereocenters. The van der Waals surface area contributed by atoms with Crippen molar-refractivity contribution in [2.24, 2.45) is 0 Å². The maximum Gasteiger partial charge on any atom is 0.260 e. The van der Waals surface area contributed by atoms with Crippen LogP contribution in [-0.2, 0) is 0 Å². The molecule has 2 aliphatic heterocycles. The molecule has 9 aromatic carbocycles. The second-order valence-corrected chi connectivity index (χ2v) is 14.9. The summed E-state index contributed by atoms with van der Waals surface area (Å²) in [5.41, 5.74) is 15.4. The molecule has 0 aliphatic carbocycles.